The third kappa shape index (κ3) is 7.23. The molecule has 1 aliphatic rings. The Labute approximate surface area is 274 Å². The van der Waals surface area contributed by atoms with Crippen LogP contribution < -0.4 is 10.2 Å². The average Bonchev–Trinajstić information content (AvgIpc) is 3.07. The number of ether oxygens (including phenoxy) is 2. The summed E-state index contributed by atoms with van der Waals surface area (Å²) in [5, 5.41) is 3.35. The number of carbonyl (C=O) groups excluding carboxylic acids is 4. The lowest BCUT2D eigenvalue weighted by molar-refractivity contribution is -0.139. The highest BCUT2D eigenvalue weighted by atomic mass is 16.5. The van der Waals surface area contributed by atoms with E-state index < -0.39 is 11.9 Å². The summed E-state index contributed by atoms with van der Waals surface area (Å²) >= 11 is 0. The standard InChI is InChI=1S/C39H36N2O6/c1-24(2)38(44)46-22-20-26-10-14-28(15-11-26)40-32-18-19-33(35-34(32)36(42)30-8-6-7-9-31(30)37(35)43)41(5)29-16-12-27(13-17-29)21-23-47-39(45)25(3)4/h6-19,40H,1,3,20-23H2,2,4-5H3. The maximum Gasteiger partial charge on any atom is 0.333 e. The number of fused-ring (bicyclic) bond motifs is 2. The molecule has 5 rings (SSSR count). The van der Waals surface area contributed by atoms with Crippen molar-refractivity contribution >= 4 is 46.3 Å². The predicted molar refractivity (Wildman–Crippen MR) is 183 cm³/mol. The van der Waals surface area contributed by atoms with Crippen LogP contribution in [0.4, 0.5) is 22.7 Å². The van der Waals surface area contributed by atoms with Crippen molar-refractivity contribution in [3.63, 3.8) is 0 Å². The molecule has 238 valence electrons. The summed E-state index contributed by atoms with van der Waals surface area (Å²) in [6.45, 7) is 10.9. The molecule has 0 saturated heterocycles. The zero-order valence-electron chi connectivity index (χ0n) is 26.7. The summed E-state index contributed by atoms with van der Waals surface area (Å²) in [6, 6.07) is 25.9. The lowest BCUT2D eigenvalue weighted by atomic mass is 9.82. The molecule has 4 aromatic rings. The van der Waals surface area contributed by atoms with Crippen LogP contribution in [-0.4, -0.2) is 43.8 Å². The van der Waals surface area contributed by atoms with Crippen LogP contribution in [0.15, 0.2) is 109 Å². The molecule has 0 aromatic heterocycles. The number of anilines is 4. The van der Waals surface area contributed by atoms with E-state index in [0.29, 0.717) is 57.6 Å². The van der Waals surface area contributed by atoms with Crippen molar-refractivity contribution in [3.8, 4) is 0 Å². The zero-order chi connectivity index (χ0) is 33.7. The van der Waals surface area contributed by atoms with Gasteiger partial charge in [-0.2, -0.15) is 0 Å². The highest BCUT2D eigenvalue weighted by molar-refractivity contribution is 6.32. The van der Waals surface area contributed by atoms with Gasteiger partial charge in [0.25, 0.3) is 0 Å². The van der Waals surface area contributed by atoms with Gasteiger partial charge in [0.1, 0.15) is 0 Å². The third-order valence-electron chi connectivity index (χ3n) is 7.92. The minimum atomic E-state index is -0.418. The number of hydrogen-bond donors (Lipinski definition) is 1. The van der Waals surface area contributed by atoms with E-state index in [4.69, 9.17) is 9.47 Å². The molecule has 0 radical (unpaired) electrons. The number of esters is 2. The van der Waals surface area contributed by atoms with Gasteiger partial charge in [0.2, 0.25) is 0 Å². The highest BCUT2D eigenvalue weighted by Gasteiger charge is 2.35. The fraction of sp³-hybridized carbons (Fsp3) is 0.179. The molecule has 0 bridgehead atoms. The molecule has 8 heteroatoms. The van der Waals surface area contributed by atoms with Crippen molar-refractivity contribution in [2.24, 2.45) is 0 Å². The minimum absolute atomic E-state index is 0.226. The number of nitrogens with one attached hydrogen (secondary N) is 1. The van der Waals surface area contributed by atoms with Crippen molar-refractivity contribution in [3.05, 3.63) is 143 Å². The van der Waals surface area contributed by atoms with Gasteiger partial charge in [0.05, 0.1) is 35.7 Å². The second-order valence-corrected chi connectivity index (χ2v) is 11.5. The second kappa shape index (κ2) is 14.1. The van der Waals surface area contributed by atoms with Crippen molar-refractivity contribution in [1.29, 1.82) is 0 Å². The number of rotatable bonds is 12. The maximum absolute atomic E-state index is 14.0. The van der Waals surface area contributed by atoms with Gasteiger partial charge in [-0.3, -0.25) is 9.59 Å². The van der Waals surface area contributed by atoms with Crippen LogP contribution in [0.1, 0.15) is 56.8 Å². The third-order valence-corrected chi connectivity index (χ3v) is 7.92. The maximum atomic E-state index is 14.0. The molecule has 0 unspecified atom stereocenters. The van der Waals surface area contributed by atoms with Gasteiger partial charge < -0.3 is 19.7 Å². The van der Waals surface area contributed by atoms with Crippen LogP contribution in [0.3, 0.4) is 0 Å². The molecular weight excluding hydrogens is 592 g/mol. The number of nitrogens with zero attached hydrogens (tertiary/aromatic N) is 1. The number of hydrogen-bond acceptors (Lipinski definition) is 8. The Kier molecular flexibility index (Phi) is 9.80. The normalized spacial score (nSPS) is 11.6. The summed E-state index contributed by atoms with van der Waals surface area (Å²) in [4.78, 5) is 53.3. The first-order valence-corrected chi connectivity index (χ1v) is 15.2. The molecule has 0 heterocycles. The molecule has 1 aliphatic carbocycles. The van der Waals surface area contributed by atoms with E-state index in [0.717, 1.165) is 22.5 Å². The van der Waals surface area contributed by atoms with E-state index >= 15 is 0 Å². The molecule has 8 nitrogen and oxygen atoms in total. The van der Waals surface area contributed by atoms with Gasteiger partial charge in [0.15, 0.2) is 11.6 Å². The summed E-state index contributed by atoms with van der Waals surface area (Å²) in [6.07, 6.45) is 1.09. The van der Waals surface area contributed by atoms with E-state index in [-0.39, 0.29) is 24.8 Å². The van der Waals surface area contributed by atoms with Gasteiger partial charge in [-0.25, -0.2) is 9.59 Å². The Morgan fingerprint density at radius 2 is 1.17 bits per heavy atom. The Morgan fingerprint density at radius 1 is 0.681 bits per heavy atom. The zero-order valence-corrected chi connectivity index (χ0v) is 26.7. The topological polar surface area (TPSA) is 102 Å². The first kappa shape index (κ1) is 32.6. The summed E-state index contributed by atoms with van der Waals surface area (Å²) in [7, 11) is 1.86. The van der Waals surface area contributed by atoms with Crippen molar-refractivity contribution < 1.29 is 28.7 Å². The monoisotopic (exact) mass is 628 g/mol. The molecular formula is C39H36N2O6. The first-order chi connectivity index (χ1) is 22.5. The van der Waals surface area contributed by atoms with Gasteiger partial charge in [0, 0.05) is 53.5 Å². The lowest BCUT2D eigenvalue weighted by Gasteiger charge is -2.28. The Hall–Kier alpha value is -5.76. The largest absolute Gasteiger partial charge is 0.462 e. The molecule has 0 spiro atoms. The fourth-order valence-corrected chi connectivity index (χ4v) is 5.29. The van der Waals surface area contributed by atoms with Crippen LogP contribution in [0.25, 0.3) is 0 Å². The number of benzene rings is 4. The van der Waals surface area contributed by atoms with Gasteiger partial charge in [-0.1, -0.05) is 61.7 Å². The summed E-state index contributed by atoms with van der Waals surface area (Å²) in [5.74, 6) is -1.29. The van der Waals surface area contributed by atoms with E-state index in [2.05, 4.69) is 18.5 Å². The van der Waals surface area contributed by atoms with E-state index in [9.17, 15) is 19.2 Å². The minimum Gasteiger partial charge on any atom is -0.462 e. The Bertz CT molecular complexity index is 1890. The average molecular weight is 629 g/mol. The summed E-state index contributed by atoms with van der Waals surface area (Å²) < 4.78 is 10.4. The molecule has 0 aliphatic heterocycles. The molecule has 47 heavy (non-hydrogen) atoms. The van der Waals surface area contributed by atoms with E-state index in [1.165, 1.54) is 0 Å². The van der Waals surface area contributed by atoms with Crippen molar-refractivity contribution in [2.75, 3.05) is 30.5 Å². The molecule has 0 saturated carbocycles. The predicted octanol–water partition coefficient (Wildman–Crippen LogP) is 7.30. The van der Waals surface area contributed by atoms with Gasteiger partial charge in [-0.15, -0.1) is 0 Å². The van der Waals surface area contributed by atoms with Crippen LogP contribution in [0.2, 0.25) is 0 Å². The quantitative estimate of drug-likeness (QED) is 0.114. The van der Waals surface area contributed by atoms with Crippen LogP contribution in [0, 0.1) is 0 Å². The second-order valence-electron chi connectivity index (χ2n) is 11.5. The van der Waals surface area contributed by atoms with Gasteiger partial charge in [-0.05, 0) is 61.4 Å². The van der Waals surface area contributed by atoms with Crippen LogP contribution in [-0.2, 0) is 31.9 Å². The van der Waals surface area contributed by atoms with Crippen molar-refractivity contribution in [1.82, 2.24) is 0 Å². The molecule has 1 N–H and O–H groups in total. The van der Waals surface area contributed by atoms with Crippen molar-refractivity contribution in [2.45, 2.75) is 26.7 Å². The number of carbonyl (C=O) groups is 4. The Morgan fingerprint density at radius 3 is 1.68 bits per heavy atom. The fourth-order valence-electron chi connectivity index (χ4n) is 5.29. The smallest absolute Gasteiger partial charge is 0.333 e. The first-order valence-electron chi connectivity index (χ1n) is 15.2. The Balaban J connectivity index is 1.41. The van der Waals surface area contributed by atoms with Crippen LogP contribution >= 0.6 is 0 Å². The summed E-state index contributed by atoms with van der Waals surface area (Å²) in [5.41, 5.74) is 6.72. The molecule has 0 fully saturated rings. The van der Waals surface area contributed by atoms with E-state index in [1.807, 2.05) is 72.6 Å². The SMILES string of the molecule is C=C(C)C(=O)OCCc1ccc(Nc2ccc(N(C)c3ccc(CCOC(=O)C(=C)C)cc3)c3c2C(=O)c2ccccc2C3=O)cc1. The lowest BCUT2D eigenvalue weighted by Crippen LogP contribution is -2.25. The van der Waals surface area contributed by atoms with Gasteiger partial charge >= 0.3 is 11.9 Å². The van der Waals surface area contributed by atoms with Crippen LogP contribution in [0.5, 0.6) is 0 Å². The molecule has 0 amide bonds. The molecule has 4 aromatic carbocycles. The number of ketones is 2. The van der Waals surface area contributed by atoms with E-state index in [1.54, 1.807) is 38.1 Å². The molecule has 0 atom stereocenters. The highest BCUT2D eigenvalue weighted by Crippen LogP contribution is 2.40.